The molecule has 2 saturated carbocycles. The zero-order chi connectivity index (χ0) is 11.4. The van der Waals surface area contributed by atoms with Gasteiger partial charge in [0.25, 0.3) is 0 Å². The predicted octanol–water partition coefficient (Wildman–Crippen LogP) is 4.27. The topological polar surface area (TPSA) is 9.23 Å². The highest BCUT2D eigenvalue weighted by molar-refractivity contribution is 4.81. The summed E-state index contributed by atoms with van der Waals surface area (Å²) in [6, 6.07) is 0. The molecule has 94 valence electrons. The van der Waals surface area contributed by atoms with Gasteiger partial charge in [-0.2, -0.15) is 0 Å². The molecule has 0 atom stereocenters. The van der Waals surface area contributed by atoms with Gasteiger partial charge in [0.05, 0.1) is 0 Å². The minimum atomic E-state index is 0.865. The van der Waals surface area contributed by atoms with Crippen LogP contribution in [0.3, 0.4) is 0 Å². The van der Waals surface area contributed by atoms with Crippen molar-refractivity contribution in [3.63, 3.8) is 0 Å². The summed E-state index contributed by atoms with van der Waals surface area (Å²) < 4.78 is 5.28. The molecule has 0 aromatic heterocycles. The first-order valence-corrected chi connectivity index (χ1v) is 7.28. The second-order valence-corrected chi connectivity index (χ2v) is 6.26. The van der Waals surface area contributed by atoms with E-state index in [2.05, 4.69) is 6.92 Å². The van der Waals surface area contributed by atoms with Crippen LogP contribution in [0.1, 0.15) is 58.3 Å². The van der Waals surface area contributed by atoms with Gasteiger partial charge in [-0.15, -0.1) is 0 Å². The number of hydrogen-bond donors (Lipinski definition) is 0. The third-order valence-electron chi connectivity index (χ3n) is 5.02. The van der Waals surface area contributed by atoms with Gasteiger partial charge >= 0.3 is 0 Å². The van der Waals surface area contributed by atoms with Crippen LogP contribution in [-0.4, -0.2) is 13.7 Å². The fraction of sp³-hybridized carbons (Fsp3) is 1.00. The Labute approximate surface area is 101 Å². The van der Waals surface area contributed by atoms with Crippen LogP contribution >= 0.6 is 0 Å². The van der Waals surface area contributed by atoms with Crippen molar-refractivity contribution < 1.29 is 4.74 Å². The van der Waals surface area contributed by atoms with Crippen molar-refractivity contribution in [1.82, 2.24) is 0 Å². The van der Waals surface area contributed by atoms with Crippen LogP contribution in [0.25, 0.3) is 0 Å². The van der Waals surface area contributed by atoms with Gasteiger partial charge in [0.1, 0.15) is 0 Å². The van der Waals surface area contributed by atoms with Crippen molar-refractivity contribution in [2.24, 2.45) is 23.7 Å². The van der Waals surface area contributed by atoms with E-state index < -0.39 is 0 Å². The summed E-state index contributed by atoms with van der Waals surface area (Å²) >= 11 is 0. The van der Waals surface area contributed by atoms with Crippen LogP contribution in [-0.2, 0) is 4.74 Å². The molecule has 2 aliphatic carbocycles. The van der Waals surface area contributed by atoms with E-state index in [1.54, 1.807) is 0 Å². The largest absolute Gasteiger partial charge is 0.384 e. The van der Waals surface area contributed by atoms with Crippen molar-refractivity contribution in [2.75, 3.05) is 13.7 Å². The Morgan fingerprint density at radius 3 is 1.81 bits per heavy atom. The minimum Gasteiger partial charge on any atom is -0.384 e. The van der Waals surface area contributed by atoms with Gasteiger partial charge in [0.15, 0.2) is 0 Å². The third kappa shape index (κ3) is 3.23. The summed E-state index contributed by atoms with van der Waals surface area (Å²) in [6.45, 7) is 3.42. The smallest absolute Gasteiger partial charge is 0.0490 e. The molecule has 0 aliphatic heterocycles. The Hall–Kier alpha value is -0.0400. The number of ether oxygens (including phenoxy) is 1. The van der Waals surface area contributed by atoms with Gasteiger partial charge in [0, 0.05) is 13.7 Å². The molecule has 0 spiro atoms. The Morgan fingerprint density at radius 2 is 1.31 bits per heavy atom. The van der Waals surface area contributed by atoms with Crippen LogP contribution in [0.4, 0.5) is 0 Å². The van der Waals surface area contributed by atoms with E-state index in [1.165, 1.54) is 51.4 Å². The average molecular weight is 224 g/mol. The minimum absolute atomic E-state index is 0.865. The maximum atomic E-state index is 5.28. The molecule has 0 radical (unpaired) electrons. The van der Waals surface area contributed by atoms with Gasteiger partial charge in [-0.3, -0.25) is 0 Å². The first-order valence-electron chi connectivity index (χ1n) is 7.28. The first-order chi connectivity index (χ1) is 7.79. The van der Waals surface area contributed by atoms with Gasteiger partial charge in [-0.1, -0.05) is 19.8 Å². The van der Waals surface area contributed by atoms with E-state index in [4.69, 9.17) is 4.74 Å². The monoisotopic (exact) mass is 224 g/mol. The highest BCUT2D eigenvalue weighted by atomic mass is 16.5. The highest BCUT2D eigenvalue weighted by Crippen LogP contribution is 2.41. The molecule has 2 aliphatic rings. The van der Waals surface area contributed by atoms with E-state index in [0.717, 1.165) is 30.3 Å². The molecule has 0 heterocycles. The standard InChI is InChI=1S/C15H28O/c1-12-3-7-14(8-4-12)15-9-5-13(6-10-15)11-16-2/h12-15H,3-11H2,1-2H3/t12-,13-,14-,15-. The third-order valence-corrected chi connectivity index (χ3v) is 5.02. The number of hydrogen-bond acceptors (Lipinski definition) is 1. The van der Waals surface area contributed by atoms with E-state index in [1.807, 2.05) is 7.11 Å². The lowest BCUT2D eigenvalue weighted by atomic mass is 9.69. The lowest BCUT2D eigenvalue weighted by Crippen LogP contribution is -2.26. The molecule has 2 fully saturated rings. The second kappa shape index (κ2) is 6.05. The van der Waals surface area contributed by atoms with E-state index >= 15 is 0 Å². The Morgan fingerprint density at radius 1 is 0.812 bits per heavy atom. The molecule has 0 N–H and O–H groups in total. The molecular formula is C15H28O. The molecule has 1 heteroatoms. The molecule has 16 heavy (non-hydrogen) atoms. The molecule has 1 nitrogen and oxygen atoms in total. The Balaban J connectivity index is 1.72. The van der Waals surface area contributed by atoms with Crippen molar-refractivity contribution in [3.8, 4) is 0 Å². The summed E-state index contributed by atoms with van der Waals surface area (Å²) in [7, 11) is 1.84. The molecule has 0 amide bonds. The number of methoxy groups -OCH3 is 1. The summed E-state index contributed by atoms with van der Waals surface area (Å²) in [5.41, 5.74) is 0. The number of rotatable bonds is 3. The second-order valence-electron chi connectivity index (χ2n) is 6.26. The van der Waals surface area contributed by atoms with E-state index in [0.29, 0.717) is 0 Å². The molecule has 2 rings (SSSR count). The zero-order valence-electron chi connectivity index (χ0n) is 11.1. The quantitative estimate of drug-likeness (QED) is 0.696. The van der Waals surface area contributed by atoms with Crippen LogP contribution in [0.5, 0.6) is 0 Å². The van der Waals surface area contributed by atoms with Crippen LogP contribution in [0.15, 0.2) is 0 Å². The molecule has 0 aromatic carbocycles. The van der Waals surface area contributed by atoms with E-state index in [-0.39, 0.29) is 0 Å². The Kier molecular flexibility index (Phi) is 4.69. The van der Waals surface area contributed by atoms with E-state index in [9.17, 15) is 0 Å². The van der Waals surface area contributed by atoms with Crippen molar-refractivity contribution in [3.05, 3.63) is 0 Å². The zero-order valence-corrected chi connectivity index (χ0v) is 11.1. The molecule has 0 saturated heterocycles. The first kappa shape index (κ1) is 12.4. The molecule has 0 unspecified atom stereocenters. The van der Waals surface area contributed by atoms with Crippen molar-refractivity contribution in [2.45, 2.75) is 58.3 Å². The van der Waals surface area contributed by atoms with Gasteiger partial charge in [0.2, 0.25) is 0 Å². The summed E-state index contributed by atoms with van der Waals surface area (Å²) in [5, 5.41) is 0. The normalized spacial score (nSPS) is 40.9. The fourth-order valence-corrected chi connectivity index (χ4v) is 3.82. The van der Waals surface area contributed by atoms with Gasteiger partial charge in [-0.25, -0.2) is 0 Å². The van der Waals surface area contributed by atoms with Crippen molar-refractivity contribution >= 4 is 0 Å². The molecule has 0 bridgehead atoms. The van der Waals surface area contributed by atoms with Crippen LogP contribution in [0.2, 0.25) is 0 Å². The lowest BCUT2D eigenvalue weighted by Gasteiger charge is -2.37. The molecule has 0 aromatic rings. The summed E-state index contributed by atoms with van der Waals surface area (Å²) in [6.07, 6.45) is 11.8. The van der Waals surface area contributed by atoms with Gasteiger partial charge in [-0.05, 0) is 62.2 Å². The van der Waals surface area contributed by atoms with Crippen molar-refractivity contribution in [1.29, 1.82) is 0 Å². The van der Waals surface area contributed by atoms with Crippen LogP contribution in [0, 0.1) is 23.7 Å². The summed E-state index contributed by atoms with van der Waals surface area (Å²) in [4.78, 5) is 0. The maximum absolute atomic E-state index is 5.28. The summed E-state index contributed by atoms with van der Waals surface area (Å²) in [5.74, 6) is 3.99. The predicted molar refractivity (Wildman–Crippen MR) is 68.4 cm³/mol. The van der Waals surface area contributed by atoms with Crippen LogP contribution < -0.4 is 0 Å². The Bertz CT molecular complexity index is 186. The van der Waals surface area contributed by atoms with Gasteiger partial charge < -0.3 is 4.74 Å². The molecular weight excluding hydrogens is 196 g/mol. The maximum Gasteiger partial charge on any atom is 0.0490 e. The fourth-order valence-electron chi connectivity index (χ4n) is 3.82. The lowest BCUT2D eigenvalue weighted by molar-refractivity contribution is 0.0944. The highest BCUT2D eigenvalue weighted by Gasteiger charge is 2.29. The average Bonchev–Trinajstić information content (AvgIpc) is 2.32. The SMILES string of the molecule is COC[C@H]1CC[C@H]([C@H]2CC[C@H](C)CC2)CC1.